The molecule has 1 N–H and O–H groups in total. The van der Waals surface area contributed by atoms with Crippen LogP contribution in [0.1, 0.15) is 46.0 Å². The number of amides is 1. The zero-order chi connectivity index (χ0) is 12.6. The van der Waals surface area contributed by atoms with E-state index in [0.29, 0.717) is 18.8 Å². The molecular formula is C13H21NO3. The molecule has 1 saturated carbocycles. The number of hydrogen-bond donors (Lipinski definition) is 1. The predicted octanol–water partition coefficient (Wildman–Crippen LogP) is 1.89. The quantitative estimate of drug-likeness (QED) is 0.818. The first kappa shape index (κ1) is 12.4. The third kappa shape index (κ3) is 2.17. The van der Waals surface area contributed by atoms with Crippen molar-refractivity contribution in [1.82, 2.24) is 4.90 Å². The lowest BCUT2D eigenvalue weighted by molar-refractivity contribution is -0.159. The third-order valence-corrected chi connectivity index (χ3v) is 4.36. The topological polar surface area (TPSA) is 57.6 Å². The maximum absolute atomic E-state index is 12.2. The molecule has 17 heavy (non-hydrogen) atoms. The monoisotopic (exact) mass is 239 g/mol. The fourth-order valence-corrected chi connectivity index (χ4v) is 3.11. The van der Waals surface area contributed by atoms with Gasteiger partial charge in [0.2, 0.25) is 5.91 Å². The van der Waals surface area contributed by atoms with Gasteiger partial charge < -0.3 is 10.0 Å². The van der Waals surface area contributed by atoms with Gasteiger partial charge in [-0.2, -0.15) is 0 Å². The largest absolute Gasteiger partial charge is 0.481 e. The summed E-state index contributed by atoms with van der Waals surface area (Å²) in [7, 11) is 0. The van der Waals surface area contributed by atoms with Crippen LogP contribution in [0, 0.1) is 11.3 Å². The van der Waals surface area contributed by atoms with Gasteiger partial charge in [-0.05, 0) is 32.1 Å². The smallest absolute Gasteiger partial charge is 0.310 e. The Bertz CT molecular complexity index is 336. The molecule has 1 aliphatic heterocycles. The van der Waals surface area contributed by atoms with Crippen molar-refractivity contribution in [2.45, 2.75) is 52.0 Å². The average molecular weight is 239 g/mol. The summed E-state index contributed by atoms with van der Waals surface area (Å²) in [6, 6.07) is 0.267. The Balaban J connectivity index is 1.99. The van der Waals surface area contributed by atoms with Crippen molar-refractivity contribution in [3.05, 3.63) is 0 Å². The average Bonchev–Trinajstić information content (AvgIpc) is 2.50. The summed E-state index contributed by atoms with van der Waals surface area (Å²) < 4.78 is 0. The first-order valence-corrected chi connectivity index (χ1v) is 6.47. The molecule has 2 aliphatic rings. The Kier molecular flexibility index (Phi) is 3.15. The highest BCUT2D eigenvalue weighted by Crippen LogP contribution is 2.45. The number of aliphatic carboxylic acids is 1. The van der Waals surface area contributed by atoms with E-state index < -0.39 is 11.4 Å². The zero-order valence-electron chi connectivity index (χ0n) is 10.6. The molecule has 1 amide bonds. The van der Waals surface area contributed by atoms with Gasteiger partial charge in [0.25, 0.3) is 0 Å². The van der Waals surface area contributed by atoms with E-state index in [4.69, 9.17) is 0 Å². The Morgan fingerprint density at radius 3 is 2.35 bits per heavy atom. The van der Waals surface area contributed by atoms with E-state index in [-0.39, 0.29) is 18.4 Å². The highest BCUT2D eigenvalue weighted by molar-refractivity contribution is 5.86. The minimum atomic E-state index is -0.794. The van der Waals surface area contributed by atoms with Crippen molar-refractivity contribution < 1.29 is 14.7 Å². The van der Waals surface area contributed by atoms with Gasteiger partial charge in [-0.15, -0.1) is 0 Å². The van der Waals surface area contributed by atoms with Crippen LogP contribution in [0.15, 0.2) is 0 Å². The number of carbonyl (C=O) groups excluding carboxylic acids is 1. The molecule has 0 bridgehead atoms. The van der Waals surface area contributed by atoms with E-state index >= 15 is 0 Å². The summed E-state index contributed by atoms with van der Waals surface area (Å²) >= 11 is 0. The van der Waals surface area contributed by atoms with Gasteiger partial charge >= 0.3 is 5.97 Å². The number of rotatable bonds is 3. The van der Waals surface area contributed by atoms with Crippen molar-refractivity contribution in [1.29, 1.82) is 0 Å². The molecule has 1 aliphatic carbocycles. The predicted molar refractivity (Wildman–Crippen MR) is 63.5 cm³/mol. The highest BCUT2D eigenvalue weighted by atomic mass is 16.4. The molecule has 0 aromatic heterocycles. The Morgan fingerprint density at radius 1 is 1.35 bits per heavy atom. The highest BCUT2D eigenvalue weighted by Gasteiger charge is 2.47. The second-order valence-electron chi connectivity index (χ2n) is 5.85. The van der Waals surface area contributed by atoms with Gasteiger partial charge in [0, 0.05) is 19.0 Å². The van der Waals surface area contributed by atoms with Crippen LogP contribution >= 0.6 is 0 Å². The van der Waals surface area contributed by atoms with E-state index in [1.165, 1.54) is 0 Å². The fourth-order valence-electron chi connectivity index (χ4n) is 3.11. The molecule has 1 saturated heterocycles. The van der Waals surface area contributed by atoms with Crippen molar-refractivity contribution in [3.8, 4) is 0 Å². The normalized spacial score (nSPS) is 31.1. The summed E-state index contributed by atoms with van der Waals surface area (Å²) in [5.41, 5.74) is -0.747. The molecule has 2 fully saturated rings. The number of nitrogens with zero attached hydrogens (tertiary/aromatic N) is 1. The van der Waals surface area contributed by atoms with Gasteiger partial charge in [-0.25, -0.2) is 0 Å². The maximum Gasteiger partial charge on any atom is 0.310 e. The number of hydrogen-bond acceptors (Lipinski definition) is 2. The number of carbonyl (C=O) groups is 2. The van der Waals surface area contributed by atoms with Gasteiger partial charge in [0.15, 0.2) is 0 Å². The van der Waals surface area contributed by atoms with Crippen LogP contribution in [0.4, 0.5) is 0 Å². The third-order valence-electron chi connectivity index (χ3n) is 4.36. The summed E-state index contributed by atoms with van der Waals surface area (Å²) in [6.45, 7) is 4.98. The number of carboxylic acid groups (broad SMARTS) is 1. The Labute approximate surface area is 102 Å². The van der Waals surface area contributed by atoms with Crippen molar-refractivity contribution in [2.75, 3.05) is 6.54 Å². The minimum absolute atomic E-state index is 0.0314. The van der Waals surface area contributed by atoms with E-state index in [0.717, 1.165) is 19.4 Å². The van der Waals surface area contributed by atoms with Crippen molar-refractivity contribution >= 4 is 11.9 Å². The lowest BCUT2D eigenvalue weighted by Gasteiger charge is -2.38. The first-order chi connectivity index (χ1) is 7.94. The van der Waals surface area contributed by atoms with E-state index in [2.05, 4.69) is 13.8 Å². The molecule has 0 aromatic carbocycles. The van der Waals surface area contributed by atoms with Crippen LogP contribution in [0.3, 0.4) is 0 Å². The molecule has 1 heterocycles. The van der Waals surface area contributed by atoms with Crippen molar-refractivity contribution in [2.24, 2.45) is 11.3 Å². The number of carboxylic acids is 1. The minimum Gasteiger partial charge on any atom is -0.481 e. The summed E-state index contributed by atoms with van der Waals surface area (Å²) in [5.74, 6) is -0.225. The SMILES string of the molecule is CC1CC(C)N(C(=O)CC2(C(=O)O)CCC2)C1. The molecule has 0 spiro atoms. The fraction of sp³-hybridized carbons (Fsp3) is 0.846. The number of likely N-dealkylation sites (tertiary alicyclic amines) is 1. The zero-order valence-corrected chi connectivity index (χ0v) is 10.6. The van der Waals surface area contributed by atoms with Crippen LogP contribution in [-0.4, -0.2) is 34.5 Å². The van der Waals surface area contributed by atoms with Crippen LogP contribution in [0.5, 0.6) is 0 Å². The molecule has 2 rings (SSSR count). The maximum atomic E-state index is 12.2. The molecule has 2 atom stereocenters. The summed E-state index contributed by atoms with van der Waals surface area (Å²) in [5, 5.41) is 9.22. The van der Waals surface area contributed by atoms with Gasteiger partial charge in [0.05, 0.1) is 5.41 Å². The molecule has 4 nitrogen and oxygen atoms in total. The molecule has 4 heteroatoms. The second-order valence-corrected chi connectivity index (χ2v) is 5.85. The lowest BCUT2D eigenvalue weighted by atomic mass is 9.66. The van der Waals surface area contributed by atoms with E-state index in [1.54, 1.807) is 0 Å². The van der Waals surface area contributed by atoms with Crippen LogP contribution in [0.25, 0.3) is 0 Å². The van der Waals surface area contributed by atoms with Crippen LogP contribution < -0.4 is 0 Å². The molecule has 96 valence electrons. The summed E-state index contributed by atoms with van der Waals surface area (Å²) in [6.07, 6.45) is 3.48. The first-order valence-electron chi connectivity index (χ1n) is 6.47. The molecule has 2 unspecified atom stereocenters. The Morgan fingerprint density at radius 2 is 2.00 bits per heavy atom. The van der Waals surface area contributed by atoms with Crippen LogP contribution in [0.2, 0.25) is 0 Å². The Hall–Kier alpha value is -1.06. The standard InChI is InChI=1S/C13H21NO3/c1-9-6-10(2)14(8-9)11(15)7-13(12(16)17)4-3-5-13/h9-10H,3-8H2,1-2H3,(H,16,17). The van der Waals surface area contributed by atoms with Crippen molar-refractivity contribution in [3.63, 3.8) is 0 Å². The molecule has 0 aromatic rings. The molecule has 0 radical (unpaired) electrons. The van der Waals surface area contributed by atoms with Gasteiger partial charge in [-0.3, -0.25) is 9.59 Å². The van der Waals surface area contributed by atoms with Gasteiger partial charge in [-0.1, -0.05) is 13.3 Å². The van der Waals surface area contributed by atoms with E-state index in [1.807, 2.05) is 4.90 Å². The van der Waals surface area contributed by atoms with Gasteiger partial charge in [0.1, 0.15) is 0 Å². The lowest BCUT2D eigenvalue weighted by Crippen LogP contribution is -2.44. The van der Waals surface area contributed by atoms with E-state index in [9.17, 15) is 14.7 Å². The summed E-state index contributed by atoms with van der Waals surface area (Å²) in [4.78, 5) is 25.3. The second kappa shape index (κ2) is 4.31. The van der Waals surface area contributed by atoms with Crippen LogP contribution in [-0.2, 0) is 9.59 Å². The molecular weight excluding hydrogens is 218 g/mol.